The first kappa shape index (κ1) is 20.1. The maximum absolute atomic E-state index is 12.6. The summed E-state index contributed by atoms with van der Waals surface area (Å²) in [7, 11) is 0. The zero-order chi connectivity index (χ0) is 17.7. The SMILES string of the molecule is CC(F)(F)OC(F)(F)C(F)(F)C(F)(F)C(F)(F)C(F)(F)F. The molecule has 0 atom stereocenters. The fourth-order valence-corrected chi connectivity index (χ4v) is 0.847. The Morgan fingerprint density at radius 1 is 0.524 bits per heavy atom. The van der Waals surface area contributed by atoms with Crippen LogP contribution in [0.25, 0.3) is 0 Å². The Labute approximate surface area is 106 Å². The minimum absolute atomic E-state index is 0.656. The van der Waals surface area contributed by atoms with Crippen molar-refractivity contribution in [3.63, 3.8) is 0 Å². The predicted octanol–water partition coefficient (Wildman–Crippen LogP) is 4.68. The summed E-state index contributed by atoms with van der Waals surface area (Å²) in [6.45, 7) is -0.656. The molecule has 0 fully saturated rings. The molecule has 1 nitrogen and oxygen atoms in total. The van der Waals surface area contributed by atoms with Crippen LogP contribution in [-0.4, -0.2) is 36.2 Å². The second kappa shape index (κ2) is 4.78. The maximum Gasteiger partial charge on any atom is 0.460 e. The van der Waals surface area contributed by atoms with Crippen LogP contribution in [0.1, 0.15) is 6.92 Å². The van der Waals surface area contributed by atoms with Gasteiger partial charge in [-0.05, 0) is 0 Å². The van der Waals surface area contributed by atoms with Gasteiger partial charge in [0.2, 0.25) is 0 Å². The first-order valence-electron chi connectivity index (χ1n) is 4.37. The summed E-state index contributed by atoms with van der Waals surface area (Å²) in [5.41, 5.74) is 0. The lowest BCUT2D eigenvalue weighted by molar-refractivity contribution is -0.485. The van der Waals surface area contributed by atoms with Gasteiger partial charge in [0.05, 0.1) is 0 Å². The van der Waals surface area contributed by atoms with Gasteiger partial charge in [0.25, 0.3) is 0 Å². The molecule has 0 N–H and O–H groups in total. The molecular formula is C7H3F13O. The Bertz CT molecular complexity index is 375. The van der Waals surface area contributed by atoms with Crippen molar-refractivity contribution in [2.75, 3.05) is 0 Å². The van der Waals surface area contributed by atoms with Gasteiger partial charge in [-0.3, -0.25) is 4.74 Å². The van der Waals surface area contributed by atoms with Gasteiger partial charge in [-0.1, -0.05) is 0 Å². The van der Waals surface area contributed by atoms with E-state index in [1.54, 1.807) is 0 Å². The molecule has 0 spiro atoms. The minimum Gasteiger partial charge on any atom is -0.250 e. The third-order valence-corrected chi connectivity index (χ3v) is 1.82. The minimum atomic E-state index is -7.77. The largest absolute Gasteiger partial charge is 0.460 e. The molecule has 14 heteroatoms. The number of hydrogen-bond acceptors (Lipinski definition) is 1. The summed E-state index contributed by atoms with van der Waals surface area (Å²) >= 11 is 0. The van der Waals surface area contributed by atoms with Crippen LogP contribution in [0.15, 0.2) is 0 Å². The second-order valence-corrected chi connectivity index (χ2v) is 3.65. The van der Waals surface area contributed by atoms with Gasteiger partial charge in [0, 0.05) is 6.92 Å². The Balaban J connectivity index is 5.89. The van der Waals surface area contributed by atoms with Crippen LogP contribution >= 0.6 is 0 Å². The van der Waals surface area contributed by atoms with E-state index in [9.17, 15) is 57.1 Å². The maximum atomic E-state index is 12.6. The first-order valence-corrected chi connectivity index (χ1v) is 4.37. The van der Waals surface area contributed by atoms with E-state index in [-0.39, 0.29) is 0 Å². The van der Waals surface area contributed by atoms with Gasteiger partial charge in [-0.15, -0.1) is 0 Å². The molecule has 0 bridgehead atoms. The van der Waals surface area contributed by atoms with E-state index in [1.807, 2.05) is 4.74 Å². The predicted molar refractivity (Wildman–Crippen MR) is 37.5 cm³/mol. The highest BCUT2D eigenvalue weighted by Crippen LogP contribution is 2.58. The molecule has 0 amide bonds. The number of alkyl halides is 13. The second-order valence-electron chi connectivity index (χ2n) is 3.65. The van der Waals surface area contributed by atoms with Crippen LogP contribution in [0.4, 0.5) is 57.1 Å². The molecule has 0 aromatic carbocycles. The third-order valence-electron chi connectivity index (χ3n) is 1.82. The number of hydrogen-bond donors (Lipinski definition) is 0. The molecule has 21 heavy (non-hydrogen) atoms. The molecule has 0 aliphatic carbocycles. The highest BCUT2D eigenvalue weighted by atomic mass is 19.4. The van der Waals surface area contributed by atoms with E-state index in [1.165, 1.54) is 0 Å². The fourth-order valence-electron chi connectivity index (χ4n) is 0.847. The average Bonchev–Trinajstić information content (AvgIpc) is 2.10. The zero-order valence-corrected chi connectivity index (χ0v) is 9.32. The zero-order valence-electron chi connectivity index (χ0n) is 9.32. The summed E-state index contributed by atoms with van der Waals surface area (Å²) in [5, 5.41) is 0. The molecule has 0 heterocycles. The molecule has 0 saturated heterocycles. The van der Waals surface area contributed by atoms with Crippen LogP contribution < -0.4 is 0 Å². The van der Waals surface area contributed by atoms with Gasteiger partial charge in [0.15, 0.2) is 0 Å². The lowest BCUT2D eigenvalue weighted by Crippen LogP contribution is -2.67. The van der Waals surface area contributed by atoms with Gasteiger partial charge in [-0.2, -0.15) is 57.1 Å². The summed E-state index contributed by atoms with van der Waals surface area (Å²) in [6, 6.07) is 0. The quantitative estimate of drug-likeness (QED) is 0.655. The lowest BCUT2D eigenvalue weighted by atomic mass is 10.0. The normalized spacial score (nSPS) is 16.3. The molecule has 0 saturated carbocycles. The Morgan fingerprint density at radius 2 is 0.857 bits per heavy atom. The summed E-state index contributed by atoms with van der Waals surface area (Å²) in [5.74, 6) is -23.0. The molecule has 0 aromatic rings. The van der Waals surface area contributed by atoms with Crippen molar-refractivity contribution in [1.29, 1.82) is 0 Å². The molecule has 0 unspecified atom stereocenters. The topological polar surface area (TPSA) is 9.23 Å². The van der Waals surface area contributed by atoms with Crippen LogP contribution in [0.5, 0.6) is 0 Å². The van der Waals surface area contributed by atoms with Crippen LogP contribution in [0.3, 0.4) is 0 Å². The van der Waals surface area contributed by atoms with Crippen molar-refractivity contribution in [1.82, 2.24) is 0 Å². The van der Waals surface area contributed by atoms with Crippen molar-refractivity contribution in [2.45, 2.75) is 43.1 Å². The molecule has 0 aliphatic rings. The number of ether oxygens (including phenoxy) is 1. The molecular weight excluding hydrogens is 347 g/mol. The first-order chi connectivity index (χ1) is 8.71. The molecule has 0 aromatic heterocycles. The van der Waals surface area contributed by atoms with E-state index in [0.29, 0.717) is 0 Å². The fraction of sp³-hybridized carbons (Fsp3) is 1.00. The lowest BCUT2D eigenvalue weighted by Gasteiger charge is -2.37. The number of rotatable bonds is 5. The van der Waals surface area contributed by atoms with Crippen LogP contribution in [-0.2, 0) is 4.74 Å². The highest BCUT2D eigenvalue weighted by molar-refractivity contribution is 5.04. The van der Waals surface area contributed by atoms with Gasteiger partial charge in [0.1, 0.15) is 0 Å². The van der Waals surface area contributed by atoms with E-state index in [4.69, 9.17) is 0 Å². The molecule has 0 radical (unpaired) electrons. The molecule has 0 rings (SSSR count). The van der Waals surface area contributed by atoms with Crippen molar-refractivity contribution in [2.24, 2.45) is 0 Å². The summed E-state index contributed by atoms with van der Waals surface area (Å²) < 4.78 is 160. The van der Waals surface area contributed by atoms with Crippen LogP contribution in [0, 0.1) is 0 Å². The molecule has 0 aliphatic heterocycles. The van der Waals surface area contributed by atoms with Gasteiger partial charge in [-0.25, -0.2) is 0 Å². The van der Waals surface area contributed by atoms with Gasteiger partial charge < -0.3 is 0 Å². The van der Waals surface area contributed by atoms with Crippen molar-refractivity contribution in [3.8, 4) is 0 Å². The van der Waals surface area contributed by atoms with E-state index in [0.717, 1.165) is 0 Å². The summed E-state index contributed by atoms with van der Waals surface area (Å²) in [4.78, 5) is 0. The summed E-state index contributed by atoms with van der Waals surface area (Å²) in [6.07, 6.45) is -19.6. The van der Waals surface area contributed by atoms with Gasteiger partial charge >= 0.3 is 36.2 Å². The van der Waals surface area contributed by atoms with Crippen LogP contribution in [0.2, 0.25) is 0 Å². The Kier molecular flexibility index (Phi) is 4.56. The smallest absolute Gasteiger partial charge is 0.250 e. The van der Waals surface area contributed by atoms with E-state index in [2.05, 4.69) is 0 Å². The number of halogens is 13. The standard InChI is InChI=1S/C7H3F13O/c1-2(8,9)21-7(19,20)5(14,15)3(10,11)4(12,13)6(16,17)18/h1H3. The van der Waals surface area contributed by atoms with Crippen molar-refractivity contribution in [3.05, 3.63) is 0 Å². The van der Waals surface area contributed by atoms with Crippen molar-refractivity contribution >= 4 is 0 Å². The van der Waals surface area contributed by atoms with Crippen molar-refractivity contribution < 1.29 is 61.8 Å². The monoisotopic (exact) mass is 350 g/mol. The third kappa shape index (κ3) is 3.29. The molecule has 128 valence electrons. The van der Waals surface area contributed by atoms with E-state index >= 15 is 0 Å². The average molecular weight is 350 g/mol. The Morgan fingerprint density at radius 3 is 1.10 bits per heavy atom. The highest BCUT2D eigenvalue weighted by Gasteiger charge is 2.88. The van der Waals surface area contributed by atoms with E-state index < -0.39 is 43.1 Å². The Hall–Kier alpha value is -0.950.